The van der Waals surface area contributed by atoms with E-state index in [1.165, 1.54) is 16.0 Å². The summed E-state index contributed by atoms with van der Waals surface area (Å²) < 4.78 is 5.44. The van der Waals surface area contributed by atoms with Crippen LogP contribution in [-0.2, 0) is 4.74 Å². The first-order valence-electron chi connectivity index (χ1n) is 8.77. The molecule has 0 saturated carbocycles. The molecule has 0 spiro atoms. The monoisotopic (exact) mass is 356 g/mol. The van der Waals surface area contributed by atoms with Gasteiger partial charge < -0.3 is 4.74 Å². The zero-order chi connectivity index (χ0) is 18.2. The van der Waals surface area contributed by atoms with Gasteiger partial charge in [0.25, 0.3) is 0 Å². The molecule has 1 heterocycles. The van der Waals surface area contributed by atoms with Gasteiger partial charge in [0.05, 0.1) is 6.20 Å². The van der Waals surface area contributed by atoms with E-state index in [-0.39, 0.29) is 12.5 Å². The van der Waals surface area contributed by atoms with Crippen LogP contribution in [0.15, 0.2) is 79.0 Å². The first-order valence-corrected chi connectivity index (χ1v) is 8.77. The molecule has 0 unspecified atom stereocenters. The Bertz CT molecular complexity index is 1100. The Hall–Kier alpha value is -3.60. The fourth-order valence-electron chi connectivity index (χ4n) is 3.71. The number of nitrogens with zero attached hydrogens (tertiary/aromatic N) is 2. The number of aromatic nitrogens is 2. The summed E-state index contributed by atoms with van der Waals surface area (Å²) >= 11 is 0. The predicted octanol–water partition coefficient (Wildman–Crippen LogP) is 4.41. The van der Waals surface area contributed by atoms with E-state index in [0.29, 0.717) is 5.52 Å². The van der Waals surface area contributed by atoms with Gasteiger partial charge in [0.15, 0.2) is 0 Å². The zero-order valence-corrected chi connectivity index (χ0v) is 14.4. The standard InChI is InChI=1S/C22H16N2O3/c25-22(27-24-21-12-6-1-7-15(21)13-23-24)26-14-20-18-10-4-2-8-16(18)17-9-3-5-11-19(17)20/h1-13,20H,14H2. The van der Waals surface area contributed by atoms with Gasteiger partial charge in [-0.1, -0.05) is 71.6 Å². The number of carbonyl (C=O) groups is 1. The van der Waals surface area contributed by atoms with Gasteiger partial charge in [-0.2, -0.15) is 0 Å². The highest BCUT2D eigenvalue weighted by Crippen LogP contribution is 2.44. The van der Waals surface area contributed by atoms with Crippen LogP contribution >= 0.6 is 0 Å². The van der Waals surface area contributed by atoms with Crippen molar-refractivity contribution in [2.24, 2.45) is 0 Å². The molecular weight excluding hydrogens is 340 g/mol. The van der Waals surface area contributed by atoms with Crippen LogP contribution < -0.4 is 4.84 Å². The highest BCUT2D eigenvalue weighted by Gasteiger charge is 2.29. The molecule has 1 aliphatic carbocycles. The van der Waals surface area contributed by atoms with Crippen LogP contribution in [0.25, 0.3) is 22.0 Å². The first-order chi connectivity index (χ1) is 13.3. The van der Waals surface area contributed by atoms with Crippen molar-refractivity contribution in [3.63, 3.8) is 0 Å². The summed E-state index contributed by atoms with van der Waals surface area (Å²) in [6.45, 7) is 0.214. The summed E-state index contributed by atoms with van der Waals surface area (Å²) in [6, 6.07) is 23.9. The molecule has 0 aliphatic heterocycles. The second kappa shape index (κ2) is 6.29. The largest absolute Gasteiger partial charge is 0.535 e. The molecule has 0 bridgehead atoms. The Balaban J connectivity index is 1.35. The van der Waals surface area contributed by atoms with Gasteiger partial charge in [-0.05, 0) is 28.3 Å². The van der Waals surface area contributed by atoms with Crippen LogP contribution in [0.4, 0.5) is 4.79 Å². The van der Waals surface area contributed by atoms with Gasteiger partial charge in [0, 0.05) is 11.3 Å². The van der Waals surface area contributed by atoms with Crippen LogP contribution in [0.2, 0.25) is 0 Å². The van der Waals surface area contributed by atoms with Gasteiger partial charge in [-0.25, -0.2) is 4.79 Å². The van der Waals surface area contributed by atoms with Crippen molar-refractivity contribution in [3.8, 4) is 11.1 Å². The fourth-order valence-corrected chi connectivity index (χ4v) is 3.71. The normalized spacial score (nSPS) is 12.6. The molecular formula is C22H16N2O3. The van der Waals surface area contributed by atoms with E-state index < -0.39 is 6.16 Å². The molecule has 3 aromatic carbocycles. The number of fused-ring (bicyclic) bond motifs is 4. The highest BCUT2D eigenvalue weighted by molar-refractivity contribution is 5.79. The number of ether oxygens (including phenoxy) is 1. The number of hydrogen-bond donors (Lipinski definition) is 0. The Kier molecular flexibility index (Phi) is 3.64. The molecule has 27 heavy (non-hydrogen) atoms. The first kappa shape index (κ1) is 15.6. The van der Waals surface area contributed by atoms with Crippen molar-refractivity contribution in [2.75, 3.05) is 6.61 Å². The third-order valence-electron chi connectivity index (χ3n) is 4.94. The molecule has 0 saturated heterocycles. The smallest absolute Gasteiger partial charge is 0.432 e. The van der Waals surface area contributed by atoms with Crippen LogP contribution in [0.3, 0.4) is 0 Å². The Labute approximate surface area is 155 Å². The fraction of sp³-hybridized carbons (Fsp3) is 0.0909. The van der Waals surface area contributed by atoms with E-state index in [1.807, 2.05) is 48.5 Å². The Morgan fingerprint density at radius 3 is 2.26 bits per heavy atom. The molecule has 0 N–H and O–H groups in total. The average Bonchev–Trinajstić information content (AvgIpc) is 3.26. The third kappa shape index (κ3) is 2.64. The lowest BCUT2D eigenvalue weighted by Gasteiger charge is -2.13. The molecule has 0 radical (unpaired) electrons. The maximum absolute atomic E-state index is 12.2. The van der Waals surface area contributed by atoms with E-state index in [0.717, 1.165) is 16.5 Å². The molecule has 0 fully saturated rings. The third-order valence-corrected chi connectivity index (χ3v) is 4.94. The molecule has 5 nitrogen and oxygen atoms in total. The van der Waals surface area contributed by atoms with Crippen molar-refractivity contribution >= 4 is 17.1 Å². The van der Waals surface area contributed by atoms with Crippen LogP contribution in [-0.4, -0.2) is 22.7 Å². The number of benzene rings is 3. The average molecular weight is 356 g/mol. The van der Waals surface area contributed by atoms with Crippen molar-refractivity contribution in [1.29, 1.82) is 0 Å². The van der Waals surface area contributed by atoms with Crippen LogP contribution in [0.1, 0.15) is 17.0 Å². The van der Waals surface area contributed by atoms with Gasteiger partial charge in [0.1, 0.15) is 12.1 Å². The van der Waals surface area contributed by atoms with Gasteiger partial charge in [0.2, 0.25) is 0 Å². The highest BCUT2D eigenvalue weighted by atomic mass is 16.8. The minimum atomic E-state index is -0.772. The number of rotatable bonds is 3. The molecule has 4 aromatic rings. The predicted molar refractivity (Wildman–Crippen MR) is 101 cm³/mol. The molecule has 5 rings (SSSR count). The minimum absolute atomic E-state index is 0.000634. The maximum Gasteiger partial charge on any atom is 0.535 e. The lowest BCUT2D eigenvalue weighted by molar-refractivity contribution is 0.0396. The van der Waals surface area contributed by atoms with Crippen molar-refractivity contribution in [2.45, 2.75) is 5.92 Å². The quantitative estimate of drug-likeness (QED) is 0.510. The van der Waals surface area contributed by atoms with E-state index in [4.69, 9.17) is 9.57 Å². The maximum atomic E-state index is 12.2. The van der Waals surface area contributed by atoms with Gasteiger partial charge >= 0.3 is 6.16 Å². The van der Waals surface area contributed by atoms with Crippen molar-refractivity contribution < 1.29 is 14.4 Å². The Morgan fingerprint density at radius 1 is 0.889 bits per heavy atom. The topological polar surface area (TPSA) is 53.4 Å². The van der Waals surface area contributed by atoms with Crippen LogP contribution in [0, 0.1) is 0 Å². The SMILES string of the molecule is O=C(OCC1c2ccccc2-c2ccccc21)On1ncc2ccccc21. The van der Waals surface area contributed by atoms with E-state index in [9.17, 15) is 4.79 Å². The summed E-state index contributed by atoms with van der Waals surface area (Å²) in [6.07, 6.45) is 0.872. The minimum Gasteiger partial charge on any atom is -0.432 e. The molecule has 0 atom stereocenters. The Morgan fingerprint density at radius 2 is 1.52 bits per heavy atom. The van der Waals surface area contributed by atoms with Crippen molar-refractivity contribution in [3.05, 3.63) is 90.1 Å². The molecule has 132 valence electrons. The molecule has 1 aromatic heterocycles. The molecule has 0 amide bonds. The zero-order valence-electron chi connectivity index (χ0n) is 14.4. The summed E-state index contributed by atoms with van der Waals surface area (Å²) in [7, 11) is 0. The van der Waals surface area contributed by atoms with Gasteiger partial charge in [-0.3, -0.25) is 4.84 Å². The summed E-state index contributed by atoms with van der Waals surface area (Å²) in [5.41, 5.74) is 5.42. The number of carbonyl (C=O) groups excluding carboxylic acids is 1. The second-order valence-corrected chi connectivity index (χ2v) is 6.46. The molecule has 1 aliphatic rings. The van der Waals surface area contributed by atoms with E-state index in [1.54, 1.807) is 6.20 Å². The van der Waals surface area contributed by atoms with E-state index >= 15 is 0 Å². The molecule has 5 heteroatoms. The van der Waals surface area contributed by atoms with Crippen LogP contribution in [0.5, 0.6) is 0 Å². The number of hydrogen-bond acceptors (Lipinski definition) is 4. The summed E-state index contributed by atoms with van der Waals surface area (Å²) in [4.78, 5) is 18.7. The lowest BCUT2D eigenvalue weighted by Crippen LogP contribution is -2.23. The van der Waals surface area contributed by atoms with Crippen molar-refractivity contribution in [1.82, 2.24) is 9.94 Å². The van der Waals surface area contributed by atoms with Gasteiger partial charge in [-0.15, -0.1) is 5.10 Å². The second-order valence-electron chi connectivity index (χ2n) is 6.46. The summed E-state index contributed by atoms with van der Waals surface area (Å²) in [5.74, 6) is -0.000634. The van der Waals surface area contributed by atoms with E-state index in [2.05, 4.69) is 29.4 Å². The lowest BCUT2D eigenvalue weighted by atomic mass is 9.98. The summed E-state index contributed by atoms with van der Waals surface area (Å²) in [5, 5.41) is 4.97. The number of para-hydroxylation sites is 1.